The number of hydrogen-bond donors (Lipinski definition) is 3. The molecule has 1 aromatic carbocycles. The van der Waals surface area contributed by atoms with Crippen LogP contribution in [0.25, 0.3) is 0 Å². The Kier molecular flexibility index (Phi) is 10.2. The molecule has 1 fully saturated rings. The highest BCUT2D eigenvalue weighted by Crippen LogP contribution is 2.42. The number of carbonyl (C=O) groups excluding carboxylic acids is 2. The second-order valence-electron chi connectivity index (χ2n) is 11.3. The number of anilines is 1. The second-order valence-corrected chi connectivity index (χ2v) is 11.3. The van der Waals surface area contributed by atoms with Crippen LogP contribution in [0.15, 0.2) is 42.6 Å². The first-order valence-electron chi connectivity index (χ1n) is 13.3. The Morgan fingerprint density at radius 1 is 1.02 bits per heavy atom. The SMILES string of the molecule is CC(C)(C)C1CCC(C(Cc2ccc(C(=O)NCCC(=O)O)cn2)C(=O)Nc2ccc(OC(F)(F)F)cc2)CC1. The molecule has 1 heterocycles. The molecule has 3 rings (SSSR count). The topological polar surface area (TPSA) is 118 Å². The van der Waals surface area contributed by atoms with E-state index >= 15 is 0 Å². The van der Waals surface area contributed by atoms with Crippen LogP contribution < -0.4 is 15.4 Å². The molecule has 8 nitrogen and oxygen atoms in total. The molecule has 2 amide bonds. The van der Waals surface area contributed by atoms with Crippen LogP contribution in [0.3, 0.4) is 0 Å². The number of amides is 2. The van der Waals surface area contributed by atoms with Gasteiger partial charge >= 0.3 is 12.3 Å². The van der Waals surface area contributed by atoms with E-state index in [0.717, 1.165) is 37.8 Å². The molecule has 1 aliphatic rings. The number of nitrogens with zero attached hydrogens (tertiary/aromatic N) is 1. The van der Waals surface area contributed by atoms with Gasteiger partial charge in [0.1, 0.15) is 5.75 Å². The van der Waals surface area contributed by atoms with E-state index in [1.807, 2.05) is 0 Å². The minimum atomic E-state index is -4.80. The predicted molar refractivity (Wildman–Crippen MR) is 143 cm³/mol. The summed E-state index contributed by atoms with van der Waals surface area (Å²) in [5.41, 5.74) is 1.43. The number of carbonyl (C=O) groups is 3. The maximum Gasteiger partial charge on any atom is 0.573 e. The maximum absolute atomic E-state index is 13.5. The van der Waals surface area contributed by atoms with Crippen molar-refractivity contribution >= 4 is 23.5 Å². The number of carboxylic acid groups (broad SMARTS) is 1. The molecule has 1 saturated carbocycles. The molecule has 0 spiro atoms. The number of aromatic nitrogens is 1. The molecule has 0 saturated heterocycles. The first-order valence-corrected chi connectivity index (χ1v) is 13.3. The Labute approximate surface area is 231 Å². The lowest BCUT2D eigenvalue weighted by atomic mass is 9.67. The van der Waals surface area contributed by atoms with E-state index in [1.54, 1.807) is 12.1 Å². The van der Waals surface area contributed by atoms with Crippen LogP contribution in [-0.2, 0) is 16.0 Å². The molecule has 218 valence electrons. The number of rotatable bonds is 10. The molecule has 1 unspecified atom stereocenters. The summed E-state index contributed by atoms with van der Waals surface area (Å²) in [7, 11) is 0. The fourth-order valence-electron chi connectivity index (χ4n) is 5.13. The molecule has 0 bridgehead atoms. The van der Waals surface area contributed by atoms with Crippen LogP contribution in [0.5, 0.6) is 5.75 Å². The number of aliphatic carboxylic acids is 1. The summed E-state index contributed by atoms with van der Waals surface area (Å²) in [6.07, 6.45) is 0.440. The fourth-order valence-corrected chi connectivity index (χ4v) is 5.13. The molecule has 1 atom stereocenters. The average Bonchev–Trinajstić information content (AvgIpc) is 2.87. The first-order chi connectivity index (χ1) is 18.7. The number of hydrogen-bond acceptors (Lipinski definition) is 5. The molecule has 40 heavy (non-hydrogen) atoms. The van der Waals surface area contributed by atoms with Crippen molar-refractivity contribution in [3.8, 4) is 5.75 Å². The molecule has 11 heteroatoms. The van der Waals surface area contributed by atoms with Crippen LogP contribution in [0.2, 0.25) is 0 Å². The van der Waals surface area contributed by atoms with Gasteiger partial charge in [0.05, 0.1) is 12.0 Å². The van der Waals surface area contributed by atoms with Gasteiger partial charge < -0.3 is 20.5 Å². The van der Waals surface area contributed by atoms with Crippen molar-refractivity contribution in [2.75, 3.05) is 11.9 Å². The third kappa shape index (κ3) is 9.53. The van der Waals surface area contributed by atoms with Crippen LogP contribution in [0, 0.1) is 23.2 Å². The lowest BCUT2D eigenvalue weighted by Gasteiger charge is -2.39. The number of nitrogens with one attached hydrogen (secondary N) is 2. The summed E-state index contributed by atoms with van der Waals surface area (Å²) >= 11 is 0. The summed E-state index contributed by atoms with van der Waals surface area (Å²) in [6.45, 7) is 6.66. The Balaban J connectivity index is 1.72. The van der Waals surface area contributed by atoms with Gasteiger partial charge in [-0.25, -0.2) is 0 Å². The van der Waals surface area contributed by atoms with Crippen LogP contribution in [-0.4, -0.2) is 40.8 Å². The summed E-state index contributed by atoms with van der Waals surface area (Å²) in [5.74, 6) is -1.87. The number of ether oxygens (including phenoxy) is 1. The van der Waals surface area contributed by atoms with Gasteiger partial charge in [-0.05, 0) is 79.3 Å². The second kappa shape index (κ2) is 13.1. The molecular formula is C29H36F3N3O5. The normalized spacial score (nSPS) is 18.4. The van der Waals surface area contributed by atoms with Crippen LogP contribution in [0.4, 0.5) is 18.9 Å². The van der Waals surface area contributed by atoms with E-state index in [9.17, 15) is 27.6 Å². The lowest BCUT2D eigenvalue weighted by Crippen LogP contribution is -2.35. The Morgan fingerprint density at radius 2 is 1.68 bits per heavy atom. The third-order valence-corrected chi connectivity index (χ3v) is 7.40. The van der Waals surface area contributed by atoms with Gasteiger partial charge in [0.15, 0.2) is 0 Å². The minimum absolute atomic E-state index is 0.00128. The monoisotopic (exact) mass is 563 g/mol. The van der Waals surface area contributed by atoms with Gasteiger partial charge in [-0.15, -0.1) is 13.2 Å². The molecule has 2 aromatic rings. The molecule has 3 N–H and O–H groups in total. The Morgan fingerprint density at radius 3 is 2.20 bits per heavy atom. The predicted octanol–water partition coefficient (Wildman–Crippen LogP) is 5.83. The molecule has 0 radical (unpaired) electrons. The van der Waals surface area contributed by atoms with Gasteiger partial charge in [-0.3, -0.25) is 19.4 Å². The van der Waals surface area contributed by atoms with Crippen molar-refractivity contribution in [3.05, 3.63) is 53.9 Å². The largest absolute Gasteiger partial charge is 0.573 e. The van der Waals surface area contributed by atoms with E-state index in [2.05, 4.69) is 41.1 Å². The zero-order chi connectivity index (χ0) is 29.5. The summed E-state index contributed by atoms with van der Waals surface area (Å²) < 4.78 is 41.4. The average molecular weight is 564 g/mol. The highest BCUT2D eigenvalue weighted by atomic mass is 19.4. The summed E-state index contributed by atoms with van der Waals surface area (Å²) in [4.78, 5) is 40.8. The quantitative estimate of drug-likeness (QED) is 0.335. The van der Waals surface area contributed by atoms with Gasteiger partial charge in [-0.1, -0.05) is 20.8 Å². The van der Waals surface area contributed by atoms with Gasteiger partial charge in [0.25, 0.3) is 5.91 Å². The van der Waals surface area contributed by atoms with E-state index in [4.69, 9.17) is 5.11 Å². The standard InChI is InChI=1S/C29H36F3N3O5/c1-28(2,3)20-7-4-18(5-8-20)24(27(39)35-21-10-12-23(13-11-21)40-29(30,31)32)16-22-9-6-19(17-34-22)26(38)33-15-14-25(36)37/h6,9-13,17-18,20,24H,4-5,7-8,14-16H2,1-3H3,(H,33,38)(H,35,39)(H,36,37). The van der Waals surface area contributed by atoms with E-state index in [0.29, 0.717) is 23.7 Å². The van der Waals surface area contributed by atoms with Crippen LogP contribution in [0.1, 0.15) is 68.9 Å². The molecular weight excluding hydrogens is 527 g/mol. The highest BCUT2D eigenvalue weighted by Gasteiger charge is 2.36. The maximum atomic E-state index is 13.5. The Hall–Kier alpha value is -3.63. The van der Waals surface area contributed by atoms with Crippen molar-refractivity contribution in [1.29, 1.82) is 0 Å². The highest BCUT2D eigenvalue weighted by molar-refractivity contribution is 5.94. The minimum Gasteiger partial charge on any atom is -0.481 e. The van der Waals surface area contributed by atoms with Gasteiger partial charge in [0, 0.05) is 36.5 Å². The van der Waals surface area contributed by atoms with Gasteiger partial charge in [-0.2, -0.15) is 0 Å². The van der Waals surface area contributed by atoms with Crippen molar-refractivity contribution in [2.45, 2.75) is 65.7 Å². The molecule has 1 aliphatic carbocycles. The third-order valence-electron chi connectivity index (χ3n) is 7.40. The van der Waals surface area contributed by atoms with Gasteiger partial charge in [0.2, 0.25) is 5.91 Å². The lowest BCUT2D eigenvalue weighted by molar-refractivity contribution is -0.274. The van der Waals surface area contributed by atoms with Crippen molar-refractivity contribution in [2.24, 2.45) is 23.2 Å². The van der Waals surface area contributed by atoms with Crippen LogP contribution >= 0.6 is 0 Å². The van der Waals surface area contributed by atoms with E-state index in [1.165, 1.54) is 18.3 Å². The van der Waals surface area contributed by atoms with E-state index in [-0.39, 0.29) is 41.5 Å². The summed E-state index contributed by atoms with van der Waals surface area (Å²) in [5, 5.41) is 14.1. The van der Waals surface area contributed by atoms with E-state index < -0.39 is 24.2 Å². The number of benzene rings is 1. The molecule has 1 aromatic heterocycles. The fraction of sp³-hybridized carbons (Fsp3) is 0.517. The zero-order valence-electron chi connectivity index (χ0n) is 22.9. The van der Waals surface area contributed by atoms with Crippen molar-refractivity contribution in [1.82, 2.24) is 10.3 Å². The first kappa shape index (κ1) is 30.9. The summed E-state index contributed by atoms with van der Waals surface area (Å²) in [6, 6.07) is 8.29. The number of carboxylic acids is 1. The smallest absolute Gasteiger partial charge is 0.481 e. The number of halogens is 3. The Bertz CT molecular complexity index is 1150. The molecule has 0 aliphatic heterocycles. The number of pyridine rings is 1. The van der Waals surface area contributed by atoms with Crippen molar-refractivity contribution in [3.63, 3.8) is 0 Å². The zero-order valence-corrected chi connectivity index (χ0v) is 22.9. The van der Waals surface area contributed by atoms with Crippen molar-refractivity contribution < 1.29 is 37.4 Å². The number of alkyl halides is 3.